The van der Waals surface area contributed by atoms with Crippen LogP contribution in [0.5, 0.6) is 0 Å². The Hall–Kier alpha value is -0.950. The highest BCUT2D eigenvalue weighted by molar-refractivity contribution is 5.94. The van der Waals surface area contributed by atoms with Crippen LogP contribution in [0.3, 0.4) is 0 Å². The number of carbonyl (C=O) groups excluding carboxylic acids is 1. The lowest BCUT2D eigenvalue weighted by atomic mass is 10.2. The molecule has 2 heterocycles. The first-order chi connectivity index (χ1) is 8.77. The maximum Gasteiger partial charge on any atom is 0.254 e. The van der Waals surface area contributed by atoms with Gasteiger partial charge in [0.05, 0.1) is 11.8 Å². The zero-order valence-corrected chi connectivity index (χ0v) is 12.6. The molecule has 5 nitrogen and oxygen atoms in total. The third-order valence-electron chi connectivity index (χ3n) is 2.94. The third-order valence-corrected chi connectivity index (χ3v) is 2.94. The summed E-state index contributed by atoms with van der Waals surface area (Å²) in [5.41, 5.74) is 0.0466. The summed E-state index contributed by atoms with van der Waals surface area (Å²) in [5, 5.41) is 5.98. The molecule has 1 amide bonds. The molecule has 0 spiro atoms. The minimum Gasteiger partial charge on any atom is -0.351 e. The van der Waals surface area contributed by atoms with Crippen LogP contribution in [-0.2, 0) is 0 Å². The van der Waals surface area contributed by atoms with Crippen LogP contribution in [0.15, 0.2) is 18.5 Å². The molecule has 0 aromatic carbocycles. The van der Waals surface area contributed by atoms with Crippen molar-refractivity contribution in [2.45, 2.75) is 0 Å². The van der Waals surface area contributed by atoms with Gasteiger partial charge in [-0.15, -0.1) is 24.8 Å². The topological polar surface area (TPSA) is 57.3 Å². The van der Waals surface area contributed by atoms with Crippen LogP contribution >= 0.6 is 24.8 Å². The number of amides is 1. The lowest BCUT2D eigenvalue weighted by Gasteiger charge is -2.27. The SMILES string of the molecule is Cl.Cl.O=C(NCCN1CCNCC1)c1ccncc1F. The molecule has 0 radical (unpaired) electrons. The summed E-state index contributed by atoms with van der Waals surface area (Å²) in [6.45, 7) is 5.25. The Bertz CT molecular complexity index is 416. The molecule has 114 valence electrons. The molecule has 0 saturated carbocycles. The number of hydrogen-bond donors (Lipinski definition) is 2. The van der Waals surface area contributed by atoms with Crippen molar-refractivity contribution in [3.8, 4) is 0 Å². The molecule has 20 heavy (non-hydrogen) atoms. The van der Waals surface area contributed by atoms with Crippen LogP contribution in [0.2, 0.25) is 0 Å². The van der Waals surface area contributed by atoms with Gasteiger partial charge in [0, 0.05) is 45.5 Å². The first kappa shape index (κ1) is 19.1. The predicted octanol–water partition coefficient (Wildman–Crippen LogP) is 0.699. The fourth-order valence-corrected chi connectivity index (χ4v) is 1.92. The summed E-state index contributed by atoms with van der Waals surface area (Å²) < 4.78 is 13.3. The van der Waals surface area contributed by atoms with E-state index in [-0.39, 0.29) is 36.3 Å². The van der Waals surface area contributed by atoms with E-state index >= 15 is 0 Å². The zero-order valence-electron chi connectivity index (χ0n) is 11.0. The summed E-state index contributed by atoms with van der Waals surface area (Å²) in [6.07, 6.45) is 2.46. The van der Waals surface area contributed by atoms with Crippen LogP contribution in [-0.4, -0.2) is 55.1 Å². The van der Waals surface area contributed by atoms with Gasteiger partial charge in [-0.2, -0.15) is 0 Å². The number of hydrogen-bond acceptors (Lipinski definition) is 4. The van der Waals surface area contributed by atoms with E-state index in [0.29, 0.717) is 6.54 Å². The Morgan fingerprint density at radius 1 is 1.40 bits per heavy atom. The zero-order chi connectivity index (χ0) is 12.8. The molecule has 8 heteroatoms. The summed E-state index contributed by atoms with van der Waals surface area (Å²) in [6, 6.07) is 1.38. The molecule has 1 aliphatic rings. The van der Waals surface area contributed by atoms with Crippen molar-refractivity contribution in [1.82, 2.24) is 20.5 Å². The van der Waals surface area contributed by atoms with Crippen molar-refractivity contribution in [2.24, 2.45) is 0 Å². The maximum atomic E-state index is 13.3. The number of nitrogens with zero attached hydrogens (tertiary/aromatic N) is 2. The molecule has 1 aromatic heterocycles. The van der Waals surface area contributed by atoms with Gasteiger partial charge in [-0.05, 0) is 6.07 Å². The molecule has 0 unspecified atom stereocenters. The molecular weight excluding hydrogens is 306 g/mol. The summed E-state index contributed by atoms with van der Waals surface area (Å²) in [4.78, 5) is 17.6. The van der Waals surface area contributed by atoms with E-state index in [1.165, 1.54) is 12.3 Å². The molecular formula is C12H19Cl2FN4O. The van der Waals surface area contributed by atoms with E-state index in [1.54, 1.807) is 0 Å². The number of halogens is 3. The number of rotatable bonds is 4. The lowest BCUT2D eigenvalue weighted by Crippen LogP contribution is -2.46. The molecule has 0 atom stereocenters. The quantitative estimate of drug-likeness (QED) is 0.856. The molecule has 1 fully saturated rings. The largest absolute Gasteiger partial charge is 0.351 e. The van der Waals surface area contributed by atoms with Crippen LogP contribution < -0.4 is 10.6 Å². The van der Waals surface area contributed by atoms with Crippen LogP contribution in [0.1, 0.15) is 10.4 Å². The van der Waals surface area contributed by atoms with Gasteiger partial charge >= 0.3 is 0 Å². The van der Waals surface area contributed by atoms with Gasteiger partial charge in [0.1, 0.15) is 0 Å². The second-order valence-corrected chi connectivity index (χ2v) is 4.20. The van der Waals surface area contributed by atoms with Crippen LogP contribution in [0, 0.1) is 5.82 Å². The van der Waals surface area contributed by atoms with Gasteiger partial charge in [0.15, 0.2) is 5.82 Å². The van der Waals surface area contributed by atoms with E-state index < -0.39 is 5.82 Å². The minimum absolute atomic E-state index is 0. The van der Waals surface area contributed by atoms with Crippen molar-refractivity contribution >= 4 is 30.7 Å². The van der Waals surface area contributed by atoms with E-state index in [1.807, 2.05) is 0 Å². The van der Waals surface area contributed by atoms with Gasteiger partial charge in [-0.25, -0.2) is 4.39 Å². The van der Waals surface area contributed by atoms with Gasteiger partial charge < -0.3 is 10.6 Å². The Morgan fingerprint density at radius 3 is 2.75 bits per heavy atom. The molecule has 0 bridgehead atoms. The number of carbonyl (C=O) groups is 1. The Kier molecular flexibility index (Phi) is 9.41. The highest BCUT2D eigenvalue weighted by Gasteiger charge is 2.12. The van der Waals surface area contributed by atoms with Crippen molar-refractivity contribution in [3.05, 3.63) is 29.8 Å². The highest BCUT2D eigenvalue weighted by Crippen LogP contribution is 2.03. The van der Waals surface area contributed by atoms with E-state index in [0.717, 1.165) is 38.9 Å². The maximum absolute atomic E-state index is 13.3. The second-order valence-electron chi connectivity index (χ2n) is 4.20. The predicted molar refractivity (Wildman–Crippen MR) is 80.3 cm³/mol. The normalized spacial score (nSPS) is 14.8. The fourth-order valence-electron chi connectivity index (χ4n) is 1.92. The standard InChI is InChI=1S/C12H17FN4O.2ClH/c13-11-9-15-2-1-10(11)12(18)16-5-8-17-6-3-14-4-7-17;;/h1-2,9,14H,3-8H2,(H,16,18);2*1H. The Labute approximate surface area is 130 Å². The van der Waals surface area contributed by atoms with Crippen molar-refractivity contribution in [1.29, 1.82) is 0 Å². The Balaban J connectivity index is 0.00000180. The number of aromatic nitrogens is 1. The smallest absolute Gasteiger partial charge is 0.254 e. The average molecular weight is 325 g/mol. The molecule has 0 aliphatic carbocycles. The van der Waals surface area contributed by atoms with Gasteiger partial charge in [-0.3, -0.25) is 14.7 Å². The van der Waals surface area contributed by atoms with Crippen molar-refractivity contribution in [2.75, 3.05) is 39.3 Å². The first-order valence-corrected chi connectivity index (χ1v) is 6.08. The van der Waals surface area contributed by atoms with Gasteiger partial charge in [0.2, 0.25) is 0 Å². The lowest BCUT2D eigenvalue weighted by molar-refractivity contribution is 0.0943. The van der Waals surface area contributed by atoms with Crippen LogP contribution in [0.25, 0.3) is 0 Å². The highest BCUT2D eigenvalue weighted by atomic mass is 35.5. The minimum atomic E-state index is -0.586. The first-order valence-electron chi connectivity index (χ1n) is 6.08. The van der Waals surface area contributed by atoms with Gasteiger partial charge in [0.25, 0.3) is 5.91 Å². The number of nitrogens with one attached hydrogen (secondary N) is 2. The monoisotopic (exact) mass is 324 g/mol. The second kappa shape index (κ2) is 9.88. The van der Waals surface area contributed by atoms with Crippen molar-refractivity contribution < 1.29 is 9.18 Å². The summed E-state index contributed by atoms with van der Waals surface area (Å²) in [7, 11) is 0. The fraction of sp³-hybridized carbons (Fsp3) is 0.500. The molecule has 2 N–H and O–H groups in total. The van der Waals surface area contributed by atoms with Gasteiger partial charge in [-0.1, -0.05) is 0 Å². The molecule has 1 aromatic rings. The third kappa shape index (κ3) is 5.58. The number of piperazine rings is 1. The summed E-state index contributed by atoms with van der Waals surface area (Å²) in [5.74, 6) is -0.970. The van der Waals surface area contributed by atoms with Crippen molar-refractivity contribution in [3.63, 3.8) is 0 Å². The summed E-state index contributed by atoms with van der Waals surface area (Å²) >= 11 is 0. The molecule has 1 aliphatic heterocycles. The van der Waals surface area contributed by atoms with Crippen LogP contribution in [0.4, 0.5) is 4.39 Å². The number of pyridine rings is 1. The molecule has 1 saturated heterocycles. The van der Waals surface area contributed by atoms with E-state index in [4.69, 9.17) is 0 Å². The average Bonchev–Trinajstić information content (AvgIpc) is 2.40. The molecule has 2 rings (SSSR count). The van der Waals surface area contributed by atoms with E-state index in [2.05, 4.69) is 20.5 Å². The Morgan fingerprint density at radius 2 is 2.10 bits per heavy atom. The van der Waals surface area contributed by atoms with E-state index in [9.17, 15) is 9.18 Å².